The largest absolute Gasteiger partial charge is 0.508 e. The first-order valence-electron chi connectivity index (χ1n) is 40.2. The van der Waals surface area contributed by atoms with Crippen molar-refractivity contribution in [3.05, 3.63) is 205 Å². The Balaban J connectivity index is 1.01. The Kier molecular flexibility index (Phi) is 28.2. The lowest BCUT2D eigenvalue weighted by Gasteiger charge is -2.48. The fourth-order valence-electron chi connectivity index (χ4n) is 16.2. The van der Waals surface area contributed by atoms with Crippen molar-refractivity contribution in [2.75, 3.05) is 13.7 Å². The average Bonchev–Trinajstić information content (AvgIpc) is 0.762. The molecule has 0 spiro atoms. The molecule has 10 unspecified atom stereocenters. The second-order valence-corrected chi connectivity index (χ2v) is 35.3. The highest BCUT2D eigenvalue weighted by molar-refractivity contribution is 7.86. The summed E-state index contributed by atoms with van der Waals surface area (Å²) in [5.41, 5.74) is 5.28. The van der Waals surface area contributed by atoms with Gasteiger partial charge in [0, 0.05) is 46.3 Å². The third-order valence-electron chi connectivity index (χ3n) is 22.6. The number of nitrogens with one attached hydrogen (secondary N) is 8. The Bertz CT molecular complexity index is 5700. The molecule has 0 radical (unpaired) electrons. The number of halogens is 3. The molecular formula is C88H94Cl3N9O26S. The molecule has 0 aromatic heterocycles. The molecule has 39 heteroatoms. The van der Waals surface area contributed by atoms with E-state index in [2.05, 4.69) is 42.5 Å². The SMILES string of the molecule is CN[C@@H](CC(C)C)C(=O)N[C@H]1C(=O)N[C@@H](CC(N)=O)C(=O)N[C@H]2C(=O)NC3C(=O)N[C@H](C(=O)N[C@@H](C(=O)O)c4cc(O)cc(O)c4-c4cc3ccc4O)[C@H](O)c3ccc(c(Cl)c3)Oc3cc2cc(c3OC2OC(COS(=O)(=O)c3c(C)cc(C)cc3C)C(O)C(O)C2OC2CC(C)(NCc3ccc(-c4ccc(Cl)cc4)cc3)C(O)C(C)O2)Oc2ccc(cc2Cl)[C@H]1O. The van der Waals surface area contributed by atoms with Crippen LogP contribution in [-0.2, 0) is 73.4 Å². The molecular weight excluding hydrogens is 1740 g/mol. The van der Waals surface area contributed by atoms with Crippen molar-refractivity contribution in [2.24, 2.45) is 11.7 Å². The molecule has 0 saturated carbocycles. The molecule has 2 fully saturated rings. The van der Waals surface area contributed by atoms with Gasteiger partial charge in [-0.25, -0.2) is 4.79 Å². The second-order valence-electron chi connectivity index (χ2n) is 32.5. The Morgan fingerprint density at radius 3 is 1.84 bits per heavy atom. The van der Waals surface area contributed by atoms with E-state index in [9.17, 15) is 68.8 Å². The van der Waals surface area contributed by atoms with E-state index in [1.165, 1.54) is 33.0 Å². The standard InChI is InChI=1S/C88H94Cl3N9O26S/c1-37(2)23-55(93-8)80(110)99-70-72(105)46-16-21-59(53(90)27-46)122-61-29-48-30-62(76(61)126-87-77(75(108)74(107)63(124-87)36-120-127(118,119)78-39(4)24-38(3)25-40(78)5)125-65-34-88(7,79(109)41(6)121-65)94-35-42-9-11-43(12-10-42)44-13-18-49(89)19-14-44)123-60-22-17-47(28-54(60)91)73(106)71-85(115)98-69(86(116)117)52-31-50(101)32-58(103)66(52)51-26-45(15-20-57(51)102)67(82(112)100-71)97-83(113)68(48)96-81(111)56(33-64(92)104)95-84(70)114/h9-22,24-32,37,41,55-56,63,65,67-75,77,79,87,93-94,101-103,105-109H,23,33-36H2,1-8H3,(H2,92,104)(H,95,114)(H,96,111)(H,97,113)(H,98,115)(H,99,110)(H,100,112)(H,116,117)/t41?,55-,56-,63?,65?,67?,68+,69+,70+,71-,72+,73+,74?,75?,77?,79?,87?,88?/m0/s1. The van der Waals surface area contributed by atoms with Crippen LogP contribution in [-0.4, -0.2) is 194 Å². The first-order valence-corrected chi connectivity index (χ1v) is 42.7. The van der Waals surface area contributed by atoms with Crippen LogP contribution < -0.4 is 62.5 Å². The molecule has 15 rings (SSSR count). The van der Waals surface area contributed by atoms with Crippen LogP contribution in [0.3, 0.4) is 0 Å². The van der Waals surface area contributed by atoms with E-state index in [1.807, 2.05) is 50.2 Å². The zero-order valence-corrected chi connectivity index (χ0v) is 72.4. The number of hydrogen-bond acceptors (Lipinski definition) is 27. The van der Waals surface area contributed by atoms with Crippen molar-refractivity contribution in [2.45, 2.75) is 188 Å². The number of fused-ring (bicyclic) bond motifs is 15. The molecule has 8 aromatic rings. The number of carbonyl (C=O) groups excluding carboxylic acids is 7. The van der Waals surface area contributed by atoms with Gasteiger partial charge in [-0.2, -0.15) is 8.42 Å². The van der Waals surface area contributed by atoms with Gasteiger partial charge in [0.2, 0.25) is 53.4 Å². The van der Waals surface area contributed by atoms with Crippen molar-refractivity contribution < 1.29 is 125 Å². The Morgan fingerprint density at radius 2 is 1.24 bits per heavy atom. The maximum Gasteiger partial charge on any atom is 0.330 e. The number of amides is 7. The lowest BCUT2D eigenvalue weighted by Crippen LogP contribution is -2.65. The number of aliphatic carboxylic acids is 1. The van der Waals surface area contributed by atoms with E-state index < -0.39 is 258 Å². The van der Waals surface area contributed by atoms with E-state index in [4.69, 9.17) is 73.1 Å². The number of aliphatic hydroxyl groups is 5. The number of benzene rings is 8. The minimum Gasteiger partial charge on any atom is -0.508 e. The predicted molar refractivity (Wildman–Crippen MR) is 456 cm³/mol. The molecule has 7 aliphatic heterocycles. The molecule has 8 aromatic carbocycles. The number of aliphatic hydroxyl groups excluding tert-OH is 5. The quantitative estimate of drug-likeness (QED) is 0.0357. The molecule has 127 heavy (non-hydrogen) atoms. The van der Waals surface area contributed by atoms with Gasteiger partial charge in [-0.1, -0.05) is 121 Å². The van der Waals surface area contributed by atoms with Crippen LogP contribution in [0, 0.1) is 26.7 Å². The number of primary amides is 1. The second kappa shape index (κ2) is 38.3. The zero-order chi connectivity index (χ0) is 91.9. The number of phenolic OH excluding ortho intramolecular Hbond substituents is 3. The number of nitrogens with two attached hydrogens (primary N) is 1. The fraction of sp³-hybridized carbons (Fsp3) is 0.364. The van der Waals surface area contributed by atoms with Crippen LogP contribution in [0.2, 0.25) is 15.1 Å². The molecule has 18 atom stereocenters. The van der Waals surface area contributed by atoms with Crippen molar-refractivity contribution >= 4 is 92.2 Å². The molecule has 7 aliphatic rings. The summed E-state index contributed by atoms with van der Waals surface area (Å²) in [5.74, 6) is -16.7. The highest BCUT2D eigenvalue weighted by Crippen LogP contribution is 2.50. The van der Waals surface area contributed by atoms with E-state index in [1.54, 1.807) is 45.0 Å². The molecule has 674 valence electrons. The Labute approximate surface area is 742 Å². The lowest BCUT2D eigenvalue weighted by molar-refractivity contribution is -0.334. The topological polar surface area (TPSA) is 540 Å². The summed E-state index contributed by atoms with van der Waals surface area (Å²) in [5, 5.41) is 128. The minimum absolute atomic E-state index is 0.131. The van der Waals surface area contributed by atoms with E-state index >= 15 is 24.0 Å². The van der Waals surface area contributed by atoms with Crippen LogP contribution in [0.5, 0.6) is 46.0 Å². The van der Waals surface area contributed by atoms with Gasteiger partial charge < -0.3 is 123 Å². The number of carboxylic acid groups (broad SMARTS) is 1. The molecule has 11 bridgehead atoms. The third-order valence-corrected chi connectivity index (χ3v) is 25.1. The molecule has 2 saturated heterocycles. The van der Waals surface area contributed by atoms with Crippen LogP contribution in [0.4, 0.5) is 0 Å². The summed E-state index contributed by atoms with van der Waals surface area (Å²) in [4.78, 5) is 119. The number of ether oxygens (including phenoxy) is 6. The fourth-order valence-corrected chi connectivity index (χ4v) is 18.1. The van der Waals surface area contributed by atoms with Gasteiger partial charge in [-0.05, 0) is 171 Å². The summed E-state index contributed by atoms with van der Waals surface area (Å²) < 4.78 is 75.0. The first kappa shape index (κ1) is 93.3. The van der Waals surface area contributed by atoms with Gasteiger partial charge >= 0.3 is 5.97 Å². The first-order chi connectivity index (χ1) is 60.1. The Morgan fingerprint density at radius 1 is 0.654 bits per heavy atom. The lowest BCUT2D eigenvalue weighted by atomic mass is 9.84. The number of aryl methyl sites for hydroxylation is 3. The van der Waals surface area contributed by atoms with Gasteiger partial charge in [-0.3, -0.25) is 37.7 Å². The molecule has 35 nitrogen and oxygen atoms in total. The van der Waals surface area contributed by atoms with Crippen molar-refractivity contribution in [3.8, 4) is 68.2 Å². The van der Waals surface area contributed by atoms with E-state index in [-0.39, 0.29) is 58.0 Å². The van der Waals surface area contributed by atoms with Crippen LogP contribution in [0.15, 0.2) is 144 Å². The highest BCUT2D eigenvalue weighted by Gasteiger charge is 2.53. The van der Waals surface area contributed by atoms with E-state index in [0.717, 1.165) is 83.4 Å². The maximum atomic E-state index is 16.4. The summed E-state index contributed by atoms with van der Waals surface area (Å²) in [6.07, 6.45) is -20.1. The predicted octanol–water partition coefficient (Wildman–Crippen LogP) is 6.60. The smallest absolute Gasteiger partial charge is 0.330 e. The van der Waals surface area contributed by atoms with Crippen LogP contribution in [0.1, 0.15) is 127 Å². The van der Waals surface area contributed by atoms with Crippen molar-refractivity contribution in [1.82, 2.24) is 42.5 Å². The Hall–Kier alpha value is -11.3. The molecule has 7 amide bonds. The number of aromatic hydroxyl groups is 3. The summed E-state index contributed by atoms with van der Waals surface area (Å²) in [7, 11) is -3.33. The number of carboxylic acids is 1. The average molecular weight is 1830 g/mol. The van der Waals surface area contributed by atoms with Crippen molar-refractivity contribution in [3.63, 3.8) is 0 Å². The summed E-state index contributed by atoms with van der Waals surface area (Å²) in [6.45, 7) is 10.8. The van der Waals surface area contributed by atoms with Crippen LogP contribution in [0.25, 0.3) is 22.3 Å². The molecule has 0 aliphatic carbocycles. The number of carbonyl (C=O) groups is 8. The minimum atomic E-state index is -4.79. The molecule has 7 heterocycles. The highest BCUT2D eigenvalue weighted by atomic mass is 35.5. The number of rotatable bonds is 20. The number of hydrogen-bond donors (Lipinski definition) is 18. The van der Waals surface area contributed by atoms with Crippen molar-refractivity contribution in [1.29, 1.82) is 0 Å². The number of phenols is 3. The third kappa shape index (κ3) is 20.5. The van der Waals surface area contributed by atoms with Gasteiger partial charge in [-0.15, -0.1) is 0 Å². The van der Waals surface area contributed by atoms with Crippen LogP contribution >= 0.6 is 34.8 Å². The summed E-state index contributed by atoms with van der Waals surface area (Å²) in [6, 6.07) is 16.8. The summed E-state index contributed by atoms with van der Waals surface area (Å²) >= 11 is 20.7. The van der Waals surface area contributed by atoms with Gasteiger partial charge in [0.05, 0.1) is 46.2 Å². The maximum absolute atomic E-state index is 16.4. The molecule has 19 N–H and O–H groups in total. The monoisotopic (exact) mass is 1830 g/mol. The van der Waals surface area contributed by atoms with Gasteiger partial charge in [0.15, 0.2) is 29.9 Å². The van der Waals surface area contributed by atoms with E-state index in [0.29, 0.717) is 10.6 Å². The van der Waals surface area contributed by atoms with Gasteiger partial charge in [0.25, 0.3) is 10.1 Å². The number of likely N-dealkylation sites (N-methyl/N-ethyl adjacent to an activating group) is 1. The van der Waals surface area contributed by atoms with Gasteiger partial charge in [0.1, 0.15) is 89.5 Å². The zero-order valence-electron chi connectivity index (χ0n) is 69.3. The normalized spacial score (nSPS) is 25.9.